The summed E-state index contributed by atoms with van der Waals surface area (Å²) in [6.07, 6.45) is 1.25. The molecule has 0 saturated carbocycles. The molecule has 1 heterocycles. The Morgan fingerprint density at radius 2 is 2.28 bits per heavy atom. The number of aliphatic carboxylic acids is 1. The van der Waals surface area contributed by atoms with Crippen LogP contribution in [0.3, 0.4) is 0 Å². The van der Waals surface area contributed by atoms with Gasteiger partial charge in [0.15, 0.2) is 0 Å². The van der Waals surface area contributed by atoms with E-state index in [1.54, 1.807) is 12.1 Å². The van der Waals surface area contributed by atoms with Crippen LogP contribution in [0.2, 0.25) is 0 Å². The van der Waals surface area contributed by atoms with Gasteiger partial charge in [0.25, 0.3) is 0 Å². The fourth-order valence-corrected chi connectivity index (χ4v) is 2.46. The summed E-state index contributed by atoms with van der Waals surface area (Å²) in [5.41, 5.74) is 0.291. The lowest BCUT2D eigenvalue weighted by molar-refractivity contribution is -0.137. The average molecular weight is 338 g/mol. The van der Waals surface area contributed by atoms with Crippen molar-refractivity contribution < 1.29 is 18.3 Å². The quantitative estimate of drug-likeness (QED) is 0.751. The van der Waals surface area contributed by atoms with Gasteiger partial charge in [-0.3, -0.25) is 9.52 Å². The molecule has 18 heavy (non-hydrogen) atoms. The molecule has 0 saturated heterocycles. The van der Waals surface area contributed by atoms with Gasteiger partial charge in [0.05, 0.1) is 12.1 Å². The number of nitrogens with zero attached hydrogens (tertiary/aromatic N) is 2. The Morgan fingerprint density at radius 3 is 2.83 bits per heavy atom. The van der Waals surface area contributed by atoms with Crippen molar-refractivity contribution in [2.45, 2.75) is 6.42 Å². The van der Waals surface area contributed by atoms with Gasteiger partial charge in [0, 0.05) is 19.8 Å². The Bertz CT molecular complexity index is 534. The van der Waals surface area contributed by atoms with Crippen LogP contribution in [0, 0.1) is 0 Å². The third-order valence-corrected chi connectivity index (χ3v) is 4.16. The molecule has 7 nitrogen and oxygen atoms in total. The Labute approximate surface area is 113 Å². The highest BCUT2D eigenvalue weighted by molar-refractivity contribution is 9.10. The van der Waals surface area contributed by atoms with Crippen molar-refractivity contribution in [3.8, 4) is 0 Å². The molecular weight excluding hydrogens is 326 g/mol. The molecule has 0 atom stereocenters. The van der Waals surface area contributed by atoms with Gasteiger partial charge >= 0.3 is 16.2 Å². The van der Waals surface area contributed by atoms with E-state index in [0.29, 0.717) is 10.3 Å². The molecule has 1 aromatic heterocycles. The van der Waals surface area contributed by atoms with E-state index in [2.05, 4.69) is 25.6 Å². The number of halogens is 1. The summed E-state index contributed by atoms with van der Waals surface area (Å²) in [6, 6.07) is 3.12. The first-order valence-corrected chi connectivity index (χ1v) is 7.12. The van der Waals surface area contributed by atoms with Crippen LogP contribution in [0.15, 0.2) is 22.9 Å². The minimum Gasteiger partial charge on any atom is -0.481 e. The Kier molecular flexibility index (Phi) is 5.05. The van der Waals surface area contributed by atoms with Crippen LogP contribution in [0.5, 0.6) is 0 Å². The van der Waals surface area contributed by atoms with E-state index in [9.17, 15) is 13.2 Å². The summed E-state index contributed by atoms with van der Waals surface area (Å²) in [5.74, 6) is -1.06. The Balaban J connectivity index is 2.76. The smallest absolute Gasteiger partial charge is 0.304 e. The minimum absolute atomic E-state index is 0.109. The van der Waals surface area contributed by atoms with Crippen molar-refractivity contribution in [1.82, 2.24) is 9.29 Å². The summed E-state index contributed by atoms with van der Waals surface area (Å²) >= 11 is 3.11. The lowest BCUT2D eigenvalue weighted by Gasteiger charge is -2.17. The zero-order valence-electron chi connectivity index (χ0n) is 9.50. The Morgan fingerprint density at radius 1 is 1.61 bits per heavy atom. The maximum Gasteiger partial charge on any atom is 0.304 e. The number of rotatable bonds is 6. The van der Waals surface area contributed by atoms with E-state index >= 15 is 0 Å². The molecule has 0 aromatic carbocycles. The van der Waals surface area contributed by atoms with Crippen molar-refractivity contribution in [3.05, 3.63) is 22.9 Å². The van der Waals surface area contributed by atoms with E-state index in [1.807, 2.05) is 0 Å². The van der Waals surface area contributed by atoms with Gasteiger partial charge in [-0.15, -0.1) is 0 Å². The molecule has 1 rings (SSSR count). The molecule has 0 aliphatic rings. The van der Waals surface area contributed by atoms with Crippen molar-refractivity contribution in [1.29, 1.82) is 0 Å². The number of aromatic nitrogens is 1. The SMILES string of the molecule is CN(CCC(=O)O)S(=O)(=O)Nc1cccnc1Br. The molecule has 2 N–H and O–H groups in total. The number of carbonyl (C=O) groups is 1. The molecule has 0 amide bonds. The van der Waals surface area contributed by atoms with Crippen LogP contribution in [-0.4, -0.2) is 42.4 Å². The zero-order chi connectivity index (χ0) is 13.8. The first-order chi connectivity index (χ1) is 8.33. The second-order valence-corrected chi connectivity index (χ2v) is 5.94. The Hall–Kier alpha value is -1.19. The maximum absolute atomic E-state index is 11.8. The second-order valence-electron chi connectivity index (χ2n) is 3.41. The molecule has 0 bridgehead atoms. The standard InChI is InChI=1S/C9H12BrN3O4S/c1-13(6-4-8(14)15)18(16,17)12-7-3-2-5-11-9(7)10/h2-3,5,12H,4,6H2,1H3,(H,14,15). The summed E-state index contributed by atoms with van der Waals surface area (Å²) in [4.78, 5) is 14.3. The molecule has 9 heteroatoms. The van der Waals surface area contributed by atoms with Crippen molar-refractivity contribution in [2.75, 3.05) is 18.3 Å². The molecule has 0 aliphatic heterocycles. The van der Waals surface area contributed by atoms with Gasteiger partial charge in [-0.1, -0.05) is 0 Å². The normalized spacial score (nSPS) is 11.5. The number of nitrogens with one attached hydrogen (secondary N) is 1. The molecule has 0 fully saturated rings. The van der Waals surface area contributed by atoms with Crippen LogP contribution < -0.4 is 4.72 Å². The molecule has 0 spiro atoms. The molecule has 1 aromatic rings. The van der Waals surface area contributed by atoms with Gasteiger partial charge < -0.3 is 5.11 Å². The predicted octanol–water partition coefficient (Wildman–Crippen LogP) is 0.907. The van der Waals surface area contributed by atoms with E-state index in [-0.39, 0.29) is 13.0 Å². The number of anilines is 1. The number of pyridine rings is 1. The van der Waals surface area contributed by atoms with Crippen molar-refractivity contribution >= 4 is 37.8 Å². The first kappa shape index (κ1) is 14.9. The van der Waals surface area contributed by atoms with Gasteiger partial charge in [0.1, 0.15) is 4.60 Å². The minimum atomic E-state index is -3.78. The van der Waals surface area contributed by atoms with Gasteiger partial charge in [-0.2, -0.15) is 12.7 Å². The van der Waals surface area contributed by atoms with Crippen LogP contribution in [0.1, 0.15) is 6.42 Å². The maximum atomic E-state index is 11.8. The number of carboxylic acid groups (broad SMARTS) is 1. The van der Waals surface area contributed by atoms with Crippen molar-refractivity contribution in [2.24, 2.45) is 0 Å². The molecule has 0 radical (unpaired) electrons. The third-order valence-electron chi connectivity index (χ3n) is 2.05. The lowest BCUT2D eigenvalue weighted by atomic mass is 10.4. The average Bonchev–Trinajstić information content (AvgIpc) is 2.28. The highest BCUT2D eigenvalue weighted by Gasteiger charge is 2.19. The van der Waals surface area contributed by atoms with Gasteiger partial charge in [-0.05, 0) is 28.1 Å². The third kappa shape index (κ3) is 4.24. The fourth-order valence-electron chi connectivity index (χ4n) is 1.05. The van der Waals surface area contributed by atoms with E-state index in [1.165, 1.54) is 13.2 Å². The highest BCUT2D eigenvalue weighted by atomic mass is 79.9. The van der Waals surface area contributed by atoms with Crippen LogP contribution in [0.4, 0.5) is 5.69 Å². The molecule has 0 aliphatic carbocycles. The molecule has 100 valence electrons. The van der Waals surface area contributed by atoms with Crippen molar-refractivity contribution in [3.63, 3.8) is 0 Å². The number of hydrogen-bond donors (Lipinski definition) is 2. The molecular formula is C9H12BrN3O4S. The zero-order valence-corrected chi connectivity index (χ0v) is 11.9. The summed E-state index contributed by atoms with van der Waals surface area (Å²) in [7, 11) is -2.48. The largest absolute Gasteiger partial charge is 0.481 e. The monoisotopic (exact) mass is 337 g/mol. The molecule has 0 unspecified atom stereocenters. The predicted molar refractivity (Wildman–Crippen MR) is 69.4 cm³/mol. The van der Waals surface area contributed by atoms with E-state index < -0.39 is 16.2 Å². The second kappa shape index (κ2) is 6.12. The lowest BCUT2D eigenvalue weighted by Crippen LogP contribution is -2.34. The number of carboxylic acids is 1. The van der Waals surface area contributed by atoms with Crippen LogP contribution in [0.25, 0.3) is 0 Å². The summed E-state index contributed by atoms with van der Waals surface area (Å²) < 4.78 is 27.3. The highest BCUT2D eigenvalue weighted by Crippen LogP contribution is 2.20. The van der Waals surface area contributed by atoms with E-state index in [0.717, 1.165) is 4.31 Å². The van der Waals surface area contributed by atoms with E-state index in [4.69, 9.17) is 5.11 Å². The van der Waals surface area contributed by atoms with Gasteiger partial charge in [0.2, 0.25) is 0 Å². The van der Waals surface area contributed by atoms with Crippen LogP contribution in [-0.2, 0) is 15.0 Å². The number of hydrogen-bond acceptors (Lipinski definition) is 4. The topological polar surface area (TPSA) is 99.6 Å². The first-order valence-electron chi connectivity index (χ1n) is 4.89. The van der Waals surface area contributed by atoms with Gasteiger partial charge in [-0.25, -0.2) is 4.98 Å². The fraction of sp³-hybridized carbons (Fsp3) is 0.333. The summed E-state index contributed by atoms with van der Waals surface area (Å²) in [6.45, 7) is -0.109. The van der Waals surface area contributed by atoms with Crippen LogP contribution >= 0.6 is 15.9 Å². The summed E-state index contributed by atoms with van der Waals surface area (Å²) in [5, 5.41) is 8.50.